The molecule has 12 heteroatoms. The van der Waals surface area contributed by atoms with E-state index in [9.17, 15) is 37.5 Å². The molecule has 1 aromatic rings. The fourth-order valence-electron chi connectivity index (χ4n) is 2.61. The van der Waals surface area contributed by atoms with Crippen LogP contribution in [-0.2, 0) is 25.6 Å². The standard InChI is InChI=1S/C19H17F3N2O7/c1-2-8-30-14-10-11(17(28)31-24-15(26)5-6-16(24)27)9-13(25)12(14)4-3-7-23-18(29)19(20,21)22/h1,9-10,25H,3-8H2,(H,23,29). The van der Waals surface area contributed by atoms with Crippen LogP contribution in [0.4, 0.5) is 13.2 Å². The number of phenolic OH excluding ortho intramolecular Hbond substituents is 1. The summed E-state index contributed by atoms with van der Waals surface area (Å²) < 4.78 is 41.9. The summed E-state index contributed by atoms with van der Waals surface area (Å²) in [6.07, 6.45) is -0.100. The van der Waals surface area contributed by atoms with Crippen molar-refractivity contribution in [1.29, 1.82) is 0 Å². The van der Waals surface area contributed by atoms with Crippen molar-refractivity contribution < 1.29 is 47.0 Å². The zero-order chi connectivity index (χ0) is 23.2. The fraction of sp³-hybridized carbons (Fsp3) is 0.368. The van der Waals surface area contributed by atoms with Crippen LogP contribution in [-0.4, -0.2) is 53.2 Å². The van der Waals surface area contributed by atoms with E-state index >= 15 is 0 Å². The molecule has 3 amide bonds. The molecule has 0 saturated carbocycles. The number of aromatic hydroxyl groups is 1. The van der Waals surface area contributed by atoms with E-state index in [4.69, 9.17) is 16.0 Å². The molecule has 0 aliphatic carbocycles. The number of hydroxylamine groups is 2. The molecule has 0 radical (unpaired) electrons. The molecular formula is C19H17F3N2O7. The fourth-order valence-corrected chi connectivity index (χ4v) is 2.61. The van der Waals surface area contributed by atoms with Gasteiger partial charge in [0.25, 0.3) is 11.8 Å². The Labute approximate surface area is 174 Å². The lowest BCUT2D eigenvalue weighted by atomic mass is 10.0. The second kappa shape index (κ2) is 9.84. The third kappa shape index (κ3) is 6.11. The number of terminal acetylenes is 1. The van der Waals surface area contributed by atoms with Crippen LogP contribution in [0.3, 0.4) is 0 Å². The number of alkyl halides is 3. The van der Waals surface area contributed by atoms with Crippen molar-refractivity contribution >= 4 is 23.7 Å². The van der Waals surface area contributed by atoms with E-state index < -0.39 is 35.6 Å². The normalized spacial score (nSPS) is 13.7. The first-order chi connectivity index (χ1) is 14.5. The molecule has 2 rings (SSSR count). The lowest BCUT2D eigenvalue weighted by molar-refractivity contribution is -0.173. The number of rotatable bonds is 8. The number of nitrogens with zero attached hydrogens (tertiary/aromatic N) is 1. The second-order valence-electron chi connectivity index (χ2n) is 6.28. The van der Waals surface area contributed by atoms with Crippen LogP contribution in [0.5, 0.6) is 11.5 Å². The molecule has 1 heterocycles. The molecule has 1 aromatic carbocycles. The minimum absolute atomic E-state index is 0.00235. The Morgan fingerprint density at radius 3 is 2.45 bits per heavy atom. The van der Waals surface area contributed by atoms with E-state index in [2.05, 4.69) is 5.92 Å². The van der Waals surface area contributed by atoms with Gasteiger partial charge in [0.05, 0.1) is 5.56 Å². The molecular weight excluding hydrogens is 425 g/mol. The molecule has 1 aliphatic heterocycles. The monoisotopic (exact) mass is 442 g/mol. The highest BCUT2D eigenvalue weighted by molar-refractivity contribution is 6.02. The number of carbonyl (C=O) groups excluding carboxylic acids is 4. The van der Waals surface area contributed by atoms with Crippen LogP contribution in [0.2, 0.25) is 0 Å². The maximum Gasteiger partial charge on any atom is 0.471 e. The number of amides is 3. The SMILES string of the molecule is C#CCOc1cc(C(=O)ON2C(=O)CCC2=O)cc(O)c1CCCNC(=O)C(F)(F)F. The number of phenols is 1. The van der Waals surface area contributed by atoms with Gasteiger partial charge in [0.2, 0.25) is 0 Å². The largest absolute Gasteiger partial charge is 0.508 e. The minimum Gasteiger partial charge on any atom is -0.508 e. The zero-order valence-corrected chi connectivity index (χ0v) is 16.0. The molecule has 1 aliphatic rings. The highest BCUT2D eigenvalue weighted by atomic mass is 19.4. The first kappa shape index (κ1) is 23.5. The van der Waals surface area contributed by atoms with Gasteiger partial charge in [-0.2, -0.15) is 13.2 Å². The van der Waals surface area contributed by atoms with Gasteiger partial charge in [0.1, 0.15) is 18.1 Å². The number of hydrogen-bond acceptors (Lipinski definition) is 7. The van der Waals surface area contributed by atoms with Crippen molar-refractivity contribution in [3.8, 4) is 23.8 Å². The van der Waals surface area contributed by atoms with Gasteiger partial charge in [-0.3, -0.25) is 14.4 Å². The molecule has 0 aromatic heterocycles. The maximum atomic E-state index is 12.3. The zero-order valence-electron chi connectivity index (χ0n) is 16.0. The highest BCUT2D eigenvalue weighted by Gasteiger charge is 2.38. The van der Waals surface area contributed by atoms with Crippen molar-refractivity contribution in [1.82, 2.24) is 10.4 Å². The van der Waals surface area contributed by atoms with Gasteiger partial charge in [0.15, 0.2) is 0 Å². The summed E-state index contributed by atoms with van der Waals surface area (Å²) in [5.74, 6) is -2.92. The lowest BCUT2D eigenvalue weighted by Gasteiger charge is -2.16. The molecule has 166 valence electrons. The van der Waals surface area contributed by atoms with Crippen LogP contribution in [0.15, 0.2) is 12.1 Å². The lowest BCUT2D eigenvalue weighted by Crippen LogP contribution is -2.37. The Kier molecular flexibility index (Phi) is 7.47. The summed E-state index contributed by atoms with van der Waals surface area (Å²) in [5, 5.41) is 12.3. The topological polar surface area (TPSA) is 122 Å². The van der Waals surface area contributed by atoms with Crippen LogP contribution < -0.4 is 10.1 Å². The quantitative estimate of drug-likeness (QED) is 0.353. The van der Waals surface area contributed by atoms with Gasteiger partial charge < -0.3 is 20.0 Å². The van der Waals surface area contributed by atoms with Gasteiger partial charge in [-0.1, -0.05) is 5.92 Å². The number of benzene rings is 1. The molecule has 9 nitrogen and oxygen atoms in total. The number of imide groups is 1. The van der Waals surface area contributed by atoms with Crippen molar-refractivity contribution in [2.75, 3.05) is 13.2 Å². The Morgan fingerprint density at radius 2 is 1.87 bits per heavy atom. The Bertz CT molecular complexity index is 922. The molecule has 0 atom stereocenters. The summed E-state index contributed by atoms with van der Waals surface area (Å²) in [6, 6.07) is 2.13. The smallest absolute Gasteiger partial charge is 0.471 e. The number of nitrogens with one attached hydrogen (secondary N) is 1. The van der Waals surface area contributed by atoms with Crippen LogP contribution in [0.25, 0.3) is 0 Å². The van der Waals surface area contributed by atoms with E-state index in [1.807, 2.05) is 0 Å². The highest BCUT2D eigenvalue weighted by Crippen LogP contribution is 2.32. The van der Waals surface area contributed by atoms with Gasteiger partial charge in [-0.25, -0.2) is 4.79 Å². The third-order valence-corrected chi connectivity index (χ3v) is 4.06. The van der Waals surface area contributed by atoms with Gasteiger partial charge in [-0.05, 0) is 25.0 Å². The number of ether oxygens (including phenoxy) is 1. The van der Waals surface area contributed by atoms with Crippen molar-refractivity contribution in [3.63, 3.8) is 0 Å². The van der Waals surface area contributed by atoms with Crippen molar-refractivity contribution in [2.45, 2.75) is 31.9 Å². The average molecular weight is 442 g/mol. The molecule has 1 fully saturated rings. The Morgan fingerprint density at radius 1 is 1.23 bits per heavy atom. The predicted octanol–water partition coefficient (Wildman–Crippen LogP) is 1.24. The van der Waals surface area contributed by atoms with E-state index in [0.29, 0.717) is 5.06 Å². The van der Waals surface area contributed by atoms with Gasteiger partial charge in [0, 0.05) is 24.9 Å². The average Bonchev–Trinajstić information content (AvgIpc) is 3.01. The maximum absolute atomic E-state index is 12.3. The van der Waals surface area contributed by atoms with Crippen molar-refractivity contribution in [2.24, 2.45) is 0 Å². The van der Waals surface area contributed by atoms with Crippen LogP contribution >= 0.6 is 0 Å². The van der Waals surface area contributed by atoms with Crippen molar-refractivity contribution in [3.05, 3.63) is 23.3 Å². The first-order valence-electron chi connectivity index (χ1n) is 8.89. The van der Waals surface area contributed by atoms with E-state index in [0.717, 1.165) is 12.1 Å². The Balaban J connectivity index is 2.13. The summed E-state index contributed by atoms with van der Waals surface area (Å²) in [4.78, 5) is 51.0. The van der Waals surface area contributed by atoms with E-state index in [-0.39, 0.29) is 55.7 Å². The van der Waals surface area contributed by atoms with E-state index in [1.165, 1.54) is 0 Å². The number of hydrogen-bond donors (Lipinski definition) is 2. The summed E-state index contributed by atoms with van der Waals surface area (Å²) in [6.45, 7) is -0.589. The molecule has 31 heavy (non-hydrogen) atoms. The molecule has 0 bridgehead atoms. The third-order valence-electron chi connectivity index (χ3n) is 4.06. The molecule has 2 N–H and O–H groups in total. The predicted molar refractivity (Wildman–Crippen MR) is 96.3 cm³/mol. The molecule has 1 saturated heterocycles. The van der Waals surface area contributed by atoms with Gasteiger partial charge >= 0.3 is 18.1 Å². The van der Waals surface area contributed by atoms with Gasteiger partial charge in [-0.15, -0.1) is 11.5 Å². The summed E-state index contributed by atoms with van der Waals surface area (Å²) in [5.41, 5.74) is -0.132. The summed E-state index contributed by atoms with van der Waals surface area (Å²) >= 11 is 0. The first-order valence-corrected chi connectivity index (χ1v) is 8.89. The van der Waals surface area contributed by atoms with Crippen LogP contribution in [0.1, 0.15) is 35.2 Å². The van der Waals surface area contributed by atoms with Crippen LogP contribution in [0, 0.1) is 12.3 Å². The Hall–Kier alpha value is -3.75. The van der Waals surface area contributed by atoms with E-state index in [1.54, 1.807) is 5.32 Å². The number of halogens is 3. The summed E-state index contributed by atoms with van der Waals surface area (Å²) in [7, 11) is 0. The number of carbonyl (C=O) groups is 4. The molecule has 0 unspecified atom stereocenters. The molecule has 0 spiro atoms. The second-order valence-corrected chi connectivity index (χ2v) is 6.28. The minimum atomic E-state index is -5.01.